The molecule has 2 rings (SSSR count). The van der Waals surface area contributed by atoms with Crippen LogP contribution >= 0.6 is 0 Å². The van der Waals surface area contributed by atoms with Crippen LogP contribution in [0.1, 0.15) is 39.9 Å². The number of ether oxygens (including phenoxy) is 1. The SMILES string of the molecule is CCOC(=O)c1c2c(nn1CC(F)(F)F)C(=O)/C(=C/N(C)C)CC2. The molecule has 0 unspecified atom stereocenters. The summed E-state index contributed by atoms with van der Waals surface area (Å²) in [5.74, 6) is -1.36. The number of hydrogen-bond donors (Lipinski definition) is 0. The second kappa shape index (κ2) is 6.66. The lowest BCUT2D eigenvalue weighted by atomic mass is 9.90. The largest absolute Gasteiger partial charge is 0.461 e. The Morgan fingerprint density at radius 3 is 2.58 bits per heavy atom. The maximum absolute atomic E-state index is 12.8. The molecule has 0 radical (unpaired) electrons. The van der Waals surface area contributed by atoms with Crippen molar-refractivity contribution in [3.8, 4) is 0 Å². The Morgan fingerprint density at radius 2 is 2.04 bits per heavy atom. The molecule has 0 aliphatic heterocycles. The van der Waals surface area contributed by atoms with E-state index in [1.807, 2.05) is 0 Å². The Morgan fingerprint density at radius 1 is 1.38 bits per heavy atom. The van der Waals surface area contributed by atoms with E-state index in [0.29, 0.717) is 16.7 Å². The third kappa shape index (κ3) is 3.77. The molecule has 1 aromatic rings. The van der Waals surface area contributed by atoms with Crippen molar-refractivity contribution in [2.45, 2.75) is 32.5 Å². The smallest absolute Gasteiger partial charge is 0.408 e. The maximum Gasteiger partial charge on any atom is 0.408 e. The van der Waals surface area contributed by atoms with Gasteiger partial charge in [0.2, 0.25) is 5.78 Å². The molecule has 6 nitrogen and oxygen atoms in total. The van der Waals surface area contributed by atoms with Crippen molar-refractivity contribution in [2.24, 2.45) is 0 Å². The zero-order valence-electron chi connectivity index (χ0n) is 13.6. The van der Waals surface area contributed by atoms with E-state index in [0.717, 1.165) is 0 Å². The summed E-state index contributed by atoms with van der Waals surface area (Å²) < 4.78 is 43.7. The van der Waals surface area contributed by atoms with E-state index in [-0.39, 0.29) is 30.0 Å². The summed E-state index contributed by atoms with van der Waals surface area (Å²) in [7, 11) is 3.48. The van der Waals surface area contributed by atoms with Crippen molar-refractivity contribution >= 4 is 11.8 Å². The average Bonchev–Trinajstić information content (AvgIpc) is 2.78. The monoisotopic (exact) mass is 345 g/mol. The summed E-state index contributed by atoms with van der Waals surface area (Å²) >= 11 is 0. The summed E-state index contributed by atoms with van der Waals surface area (Å²) in [6.07, 6.45) is -2.37. The minimum absolute atomic E-state index is 0.0184. The number of halogens is 3. The van der Waals surface area contributed by atoms with Crippen LogP contribution in [0.25, 0.3) is 0 Å². The number of alkyl halides is 3. The Labute approximate surface area is 136 Å². The normalized spacial score (nSPS) is 16.2. The lowest BCUT2D eigenvalue weighted by molar-refractivity contribution is -0.142. The average molecular weight is 345 g/mol. The maximum atomic E-state index is 12.8. The number of carbonyl (C=O) groups excluding carboxylic acids is 2. The molecule has 0 bridgehead atoms. The van der Waals surface area contributed by atoms with Crippen LogP contribution in [0, 0.1) is 0 Å². The Bertz CT molecular complexity index is 690. The predicted octanol–water partition coefficient (Wildman–Crippen LogP) is 2.20. The van der Waals surface area contributed by atoms with Crippen molar-refractivity contribution < 1.29 is 27.5 Å². The predicted molar refractivity (Wildman–Crippen MR) is 78.7 cm³/mol. The third-order valence-corrected chi connectivity index (χ3v) is 3.41. The molecule has 0 saturated heterocycles. The fourth-order valence-corrected chi connectivity index (χ4v) is 2.59. The highest BCUT2D eigenvalue weighted by molar-refractivity contribution is 6.10. The van der Waals surface area contributed by atoms with E-state index >= 15 is 0 Å². The number of esters is 1. The lowest BCUT2D eigenvalue weighted by Gasteiger charge is -2.16. The van der Waals surface area contributed by atoms with Crippen LogP contribution in [0.4, 0.5) is 13.2 Å². The minimum atomic E-state index is -4.57. The van der Waals surface area contributed by atoms with Gasteiger partial charge in [-0.05, 0) is 19.8 Å². The Hall–Kier alpha value is -2.32. The van der Waals surface area contributed by atoms with Crippen LogP contribution in [-0.2, 0) is 17.7 Å². The number of rotatable bonds is 4. The molecule has 132 valence electrons. The van der Waals surface area contributed by atoms with Crippen LogP contribution in [0.2, 0.25) is 0 Å². The Balaban J connectivity index is 2.52. The van der Waals surface area contributed by atoms with Crippen LogP contribution < -0.4 is 0 Å². The van der Waals surface area contributed by atoms with Gasteiger partial charge in [-0.1, -0.05) is 0 Å². The second-order valence-electron chi connectivity index (χ2n) is 5.62. The molecular weight excluding hydrogens is 327 g/mol. The van der Waals surface area contributed by atoms with Gasteiger partial charge in [0.15, 0.2) is 5.69 Å². The van der Waals surface area contributed by atoms with E-state index in [2.05, 4.69) is 5.10 Å². The van der Waals surface area contributed by atoms with Gasteiger partial charge in [-0.25, -0.2) is 9.48 Å². The molecule has 1 heterocycles. The first-order valence-electron chi connectivity index (χ1n) is 7.39. The molecule has 0 fully saturated rings. The molecule has 0 amide bonds. The van der Waals surface area contributed by atoms with E-state index < -0.39 is 24.5 Å². The zero-order chi connectivity index (χ0) is 18.1. The first kappa shape index (κ1) is 18.0. The molecule has 0 N–H and O–H groups in total. The summed E-state index contributed by atoms with van der Waals surface area (Å²) in [5, 5.41) is 3.76. The van der Waals surface area contributed by atoms with Crippen LogP contribution in [-0.4, -0.2) is 53.3 Å². The highest BCUT2D eigenvalue weighted by atomic mass is 19.4. The topological polar surface area (TPSA) is 64.4 Å². The van der Waals surface area contributed by atoms with Gasteiger partial charge in [-0.3, -0.25) is 4.79 Å². The molecule has 0 spiro atoms. The number of allylic oxidation sites excluding steroid dienone is 1. The zero-order valence-corrected chi connectivity index (χ0v) is 13.6. The van der Waals surface area contributed by atoms with Crippen molar-refractivity contribution in [3.63, 3.8) is 0 Å². The minimum Gasteiger partial charge on any atom is -0.461 e. The van der Waals surface area contributed by atoms with Gasteiger partial charge in [0, 0.05) is 31.4 Å². The number of hydrogen-bond acceptors (Lipinski definition) is 5. The summed E-state index contributed by atoms with van der Waals surface area (Å²) in [6.45, 7) is 0.122. The molecular formula is C15H18F3N3O3. The molecule has 0 aromatic carbocycles. The summed E-state index contributed by atoms with van der Waals surface area (Å²) in [5.41, 5.74) is 0.265. The van der Waals surface area contributed by atoms with Gasteiger partial charge >= 0.3 is 12.1 Å². The fraction of sp³-hybridized carbons (Fsp3) is 0.533. The van der Waals surface area contributed by atoms with Gasteiger partial charge in [0.1, 0.15) is 12.2 Å². The summed E-state index contributed by atoms with van der Waals surface area (Å²) in [4.78, 5) is 26.2. The first-order valence-corrected chi connectivity index (χ1v) is 7.39. The van der Waals surface area contributed by atoms with E-state index in [1.54, 1.807) is 32.1 Å². The fourth-order valence-electron chi connectivity index (χ4n) is 2.59. The molecule has 1 aliphatic rings. The van der Waals surface area contributed by atoms with Crippen molar-refractivity contribution in [2.75, 3.05) is 20.7 Å². The van der Waals surface area contributed by atoms with Gasteiger partial charge in [0.25, 0.3) is 0 Å². The van der Waals surface area contributed by atoms with Crippen LogP contribution in [0.3, 0.4) is 0 Å². The molecule has 0 saturated carbocycles. The number of ketones is 1. The van der Waals surface area contributed by atoms with E-state index in [9.17, 15) is 22.8 Å². The number of nitrogens with zero attached hydrogens (tertiary/aromatic N) is 3. The Kier molecular flexibility index (Phi) is 5.00. The van der Waals surface area contributed by atoms with Gasteiger partial charge in [-0.2, -0.15) is 18.3 Å². The van der Waals surface area contributed by atoms with Crippen molar-refractivity contribution in [1.82, 2.24) is 14.7 Å². The van der Waals surface area contributed by atoms with Gasteiger partial charge in [0.05, 0.1) is 6.61 Å². The van der Waals surface area contributed by atoms with E-state index in [4.69, 9.17) is 4.74 Å². The molecule has 1 aromatic heterocycles. The summed E-state index contributed by atoms with van der Waals surface area (Å²) in [6, 6.07) is 0. The van der Waals surface area contributed by atoms with Crippen molar-refractivity contribution in [1.29, 1.82) is 0 Å². The number of carbonyl (C=O) groups is 2. The first-order chi connectivity index (χ1) is 11.1. The second-order valence-corrected chi connectivity index (χ2v) is 5.62. The molecule has 9 heteroatoms. The molecule has 24 heavy (non-hydrogen) atoms. The molecule has 0 atom stereocenters. The molecule has 1 aliphatic carbocycles. The lowest BCUT2D eigenvalue weighted by Crippen LogP contribution is -2.23. The van der Waals surface area contributed by atoms with E-state index in [1.165, 1.54) is 0 Å². The highest BCUT2D eigenvalue weighted by Crippen LogP contribution is 2.30. The van der Waals surface area contributed by atoms with Crippen LogP contribution in [0.15, 0.2) is 11.8 Å². The standard InChI is InChI=1S/C15H18F3N3O3/c1-4-24-14(23)12-10-6-5-9(7-20(2)3)13(22)11(10)19-21(12)8-15(16,17)18/h7H,4-6,8H2,1-3H3/b9-7+. The number of aromatic nitrogens is 2. The third-order valence-electron chi connectivity index (χ3n) is 3.41. The van der Waals surface area contributed by atoms with Crippen molar-refractivity contribution in [3.05, 3.63) is 28.7 Å². The van der Waals surface area contributed by atoms with Crippen LogP contribution in [0.5, 0.6) is 0 Å². The van der Waals surface area contributed by atoms with Gasteiger partial charge < -0.3 is 9.64 Å². The number of fused-ring (bicyclic) bond motifs is 1. The quantitative estimate of drug-likeness (QED) is 0.618. The number of Topliss-reactive ketones (excluding diaryl/α,β-unsaturated/α-hetero) is 1. The van der Waals surface area contributed by atoms with Gasteiger partial charge in [-0.15, -0.1) is 0 Å². The highest BCUT2D eigenvalue weighted by Gasteiger charge is 2.37.